The van der Waals surface area contributed by atoms with Crippen LogP contribution in [-0.4, -0.2) is 64.7 Å². The van der Waals surface area contributed by atoms with Gasteiger partial charge in [0, 0.05) is 6.42 Å². The highest BCUT2D eigenvalue weighted by atomic mass is 16.7. The lowest BCUT2D eigenvalue weighted by atomic mass is 9.47. The molecule has 0 spiro atoms. The minimum atomic E-state index is -1.44. The largest absolute Gasteiger partial charge is 0.463 e. The molecular formula is C51H90O7. The van der Waals surface area contributed by atoms with Crippen LogP contribution in [0.5, 0.6) is 0 Å². The van der Waals surface area contributed by atoms with Crippen LogP contribution in [0.4, 0.5) is 0 Å². The van der Waals surface area contributed by atoms with Crippen molar-refractivity contribution in [3.05, 3.63) is 11.6 Å². The van der Waals surface area contributed by atoms with E-state index in [1.165, 1.54) is 128 Å². The van der Waals surface area contributed by atoms with E-state index in [2.05, 4.69) is 47.6 Å². The Balaban J connectivity index is 1.00. The highest BCUT2D eigenvalue weighted by molar-refractivity contribution is 5.69. The van der Waals surface area contributed by atoms with Crippen molar-refractivity contribution in [1.82, 2.24) is 0 Å². The molecule has 1 aliphatic heterocycles. The molecule has 7 nitrogen and oxygen atoms in total. The summed E-state index contributed by atoms with van der Waals surface area (Å²) in [5.74, 6) is 4.45. The fourth-order valence-corrected chi connectivity index (χ4v) is 13.0. The van der Waals surface area contributed by atoms with Gasteiger partial charge in [0.1, 0.15) is 31.0 Å². The first-order valence-electron chi connectivity index (χ1n) is 25.1. The number of rotatable bonds is 25. The summed E-state index contributed by atoms with van der Waals surface area (Å²) in [7, 11) is 0. The third kappa shape index (κ3) is 12.6. The molecule has 1 saturated heterocycles. The van der Waals surface area contributed by atoms with Crippen molar-refractivity contribution < 1.29 is 34.3 Å². The summed E-state index contributed by atoms with van der Waals surface area (Å²) in [6.07, 6.45) is 29.1. The van der Waals surface area contributed by atoms with Gasteiger partial charge in [-0.15, -0.1) is 0 Å². The first-order chi connectivity index (χ1) is 27.9. The molecule has 0 aromatic carbocycles. The zero-order valence-corrected chi connectivity index (χ0v) is 38.3. The zero-order valence-electron chi connectivity index (χ0n) is 38.3. The van der Waals surface area contributed by atoms with Crippen LogP contribution >= 0.6 is 0 Å². The number of esters is 1. The van der Waals surface area contributed by atoms with Gasteiger partial charge < -0.3 is 29.5 Å². The standard InChI is InChI=1S/C51H90O7/c1-7-8-9-10-11-12-13-14-15-16-17-18-19-20-21-25-45(52)56-35-44-46(53)47(54)48(55)49(58-44)57-39-30-32-50(5)38(34-39)26-27-40-42-29-28-41(37(4)24-22-23-36(2)3)51(42,6)33-31-43(40)50/h26,36-37,39-44,46-49,53-55H,7-25,27-35H2,1-6H3/t37?,39-,40-,41+,42-,43-,44+,46+,47-,48+,49+,50-,51+/m0/s1. The van der Waals surface area contributed by atoms with Gasteiger partial charge in [-0.1, -0.05) is 162 Å². The van der Waals surface area contributed by atoms with Gasteiger partial charge in [-0.3, -0.25) is 4.79 Å². The minimum absolute atomic E-state index is 0.136. The molecule has 5 rings (SSSR count). The second-order valence-electron chi connectivity index (χ2n) is 21.2. The fraction of sp³-hybridized carbons (Fsp3) is 0.941. The Labute approximate surface area is 355 Å². The third-order valence-electron chi connectivity index (χ3n) is 16.6. The Hall–Kier alpha value is -0.990. The lowest BCUT2D eigenvalue weighted by Crippen LogP contribution is -2.60. The van der Waals surface area contributed by atoms with Crippen LogP contribution < -0.4 is 0 Å². The zero-order chi connectivity index (χ0) is 41.7. The number of aliphatic hydroxyl groups excluding tert-OH is 3. The maximum Gasteiger partial charge on any atom is 0.305 e. The molecule has 4 fully saturated rings. The molecule has 5 aliphatic rings. The molecular weight excluding hydrogens is 725 g/mol. The number of allylic oxidation sites excluding steroid dienone is 1. The fourth-order valence-electron chi connectivity index (χ4n) is 13.0. The molecule has 336 valence electrons. The summed E-state index contributed by atoms with van der Waals surface area (Å²) in [4.78, 5) is 12.6. The molecule has 3 saturated carbocycles. The van der Waals surface area contributed by atoms with E-state index >= 15 is 0 Å². The first-order valence-corrected chi connectivity index (χ1v) is 25.1. The quantitative estimate of drug-likeness (QED) is 0.0479. The summed E-state index contributed by atoms with van der Waals surface area (Å²) in [5.41, 5.74) is 2.15. The van der Waals surface area contributed by atoms with Crippen molar-refractivity contribution >= 4 is 5.97 Å². The van der Waals surface area contributed by atoms with Crippen LogP contribution in [0.25, 0.3) is 0 Å². The van der Waals surface area contributed by atoms with E-state index in [4.69, 9.17) is 14.2 Å². The number of carbonyl (C=O) groups is 1. The lowest BCUT2D eigenvalue weighted by Gasteiger charge is -2.58. The van der Waals surface area contributed by atoms with E-state index in [1.807, 2.05) is 0 Å². The predicted octanol–water partition coefficient (Wildman–Crippen LogP) is 12.0. The van der Waals surface area contributed by atoms with E-state index in [0.29, 0.717) is 17.8 Å². The Kier molecular flexibility index (Phi) is 19.4. The van der Waals surface area contributed by atoms with Crippen LogP contribution in [0.1, 0.15) is 215 Å². The summed E-state index contributed by atoms with van der Waals surface area (Å²) in [6, 6.07) is 0. The highest BCUT2D eigenvalue weighted by Gasteiger charge is 2.59. The molecule has 3 N–H and O–H groups in total. The van der Waals surface area contributed by atoms with Gasteiger partial charge >= 0.3 is 5.97 Å². The topological polar surface area (TPSA) is 105 Å². The average molecular weight is 815 g/mol. The molecule has 1 heterocycles. The molecule has 4 aliphatic carbocycles. The van der Waals surface area contributed by atoms with Gasteiger partial charge in [0.15, 0.2) is 6.29 Å². The van der Waals surface area contributed by atoms with Gasteiger partial charge in [0.2, 0.25) is 0 Å². The molecule has 7 heteroatoms. The van der Waals surface area contributed by atoms with Gasteiger partial charge in [0.05, 0.1) is 6.10 Å². The Morgan fingerprint density at radius 3 is 2.03 bits per heavy atom. The molecule has 0 bridgehead atoms. The maximum atomic E-state index is 12.6. The smallest absolute Gasteiger partial charge is 0.305 e. The van der Waals surface area contributed by atoms with E-state index in [1.54, 1.807) is 0 Å². The molecule has 0 aromatic heterocycles. The van der Waals surface area contributed by atoms with Crippen molar-refractivity contribution in [3.63, 3.8) is 0 Å². The molecule has 13 atom stereocenters. The Morgan fingerprint density at radius 1 is 0.759 bits per heavy atom. The summed E-state index contributed by atoms with van der Waals surface area (Å²) in [6.45, 7) is 14.5. The van der Waals surface area contributed by atoms with Crippen molar-refractivity contribution in [1.29, 1.82) is 0 Å². The van der Waals surface area contributed by atoms with E-state index in [9.17, 15) is 20.1 Å². The van der Waals surface area contributed by atoms with Crippen molar-refractivity contribution in [2.24, 2.45) is 46.3 Å². The number of ether oxygens (including phenoxy) is 3. The third-order valence-corrected chi connectivity index (χ3v) is 16.6. The molecule has 1 unspecified atom stereocenters. The Bertz CT molecular complexity index is 1240. The van der Waals surface area contributed by atoms with Crippen molar-refractivity contribution in [2.45, 2.75) is 252 Å². The van der Waals surface area contributed by atoms with Crippen LogP contribution in [0.2, 0.25) is 0 Å². The highest BCUT2D eigenvalue weighted by Crippen LogP contribution is 2.67. The molecule has 0 amide bonds. The van der Waals surface area contributed by atoms with Gasteiger partial charge in [-0.2, -0.15) is 0 Å². The minimum Gasteiger partial charge on any atom is -0.463 e. The Morgan fingerprint density at radius 2 is 1.40 bits per heavy atom. The summed E-state index contributed by atoms with van der Waals surface area (Å²) in [5, 5.41) is 32.5. The first kappa shape index (κ1) is 48.0. The van der Waals surface area contributed by atoms with Crippen molar-refractivity contribution in [3.8, 4) is 0 Å². The molecule has 0 radical (unpaired) electrons. The summed E-state index contributed by atoms with van der Waals surface area (Å²) < 4.78 is 18.0. The normalized spacial score (nSPS) is 36.6. The number of fused-ring (bicyclic) bond motifs is 5. The van der Waals surface area contributed by atoms with Gasteiger partial charge in [0.25, 0.3) is 0 Å². The maximum absolute atomic E-state index is 12.6. The van der Waals surface area contributed by atoms with Gasteiger partial charge in [-0.25, -0.2) is 0 Å². The second kappa shape index (κ2) is 23.5. The lowest BCUT2D eigenvalue weighted by molar-refractivity contribution is -0.313. The van der Waals surface area contributed by atoms with Gasteiger partial charge in [-0.05, 0) is 104 Å². The van der Waals surface area contributed by atoms with Crippen LogP contribution in [0.3, 0.4) is 0 Å². The van der Waals surface area contributed by atoms with E-state index < -0.39 is 30.7 Å². The van der Waals surface area contributed by atoms with E-state index in [-0.39, 0.29) is 24.1 Å². The molecule has 58 heavy (non-hydrogen) atoms. The number of aliphatic hydroxyl groups is 3. The number of carbonyl (C=O) groups excluding carboxylic acids is 1. The molecule has 0 aromatic rings. The van der Waals surface area contributed by atoms with Crippen LogP contribution in [0, 0.1) is 46.3 Å². The SMILES string of the molecule is CCCCCCCCCCCCCCCCCC(=O)OC[C@H]1O[C@@H](O[C@H]2CC[C@@]3(C)C(=CC[C@H]4[C@@H]5CC[C@H](C(C)CCCC(C)C)[C@@]5(C)CC[C@@H]43)C2)[C@H](O)[C@@H](O)[C@@H]1O. The van der Waals surface area contributed by atoms with Crippen molar-refractivity contribution in [2.75, 3.05) is 6.61 Å². The number of hydrogen-bond acceptors (Lipinski definition) is 7. The van der Waals surface area contributed by atoms with Crippen LogP contribution in [0.15, 0.2) is 11.6 Å². The predicted molar refractivity (Wildman–Crippen MR) is 235 cm³/mol. The summed E-state index contributed by atoms with van der Waals surface area (Å²) >= 11 is 0. The monoisotopic (exact) mass is 815 g/mol. The van der Waals surface area contributed by atoms with E-state index in [0.717, 1.165) is 74.5 Å². The second-order valence-corrected chi connectivity index (χ2v) is 21.2. The number of hydrogen-bond donors (Lipinski definition) is 3. The van der Waals surface area contributed by atoms with Crippen LogP contribution in [-0.2, 0) is 19.0 Å². The average Bonchev–Trinajstić information content (AvgIpc) is 3.56. The number of unbranched alkanes of at least 4 members (excludes halogenated alkanes) is 14.